The first kappa shape index (κ1) is 32.8. The monoisotopic (exact) mass is 599 g/mol. The molecule has 0 bridgehead atoms. The SMILES string of the molecule is O=C(Nc1ccc2c(c1)OCCOCCOCCOCCO2)OCC#CCCCCC#CCS(=O)(=O)c1ccccc1. The number of fused-ring (bicyclic) bond motifs is 1. The van der Waals surface area contributed by atoms with Gasteiger partial charge in [0.15, 0.2) is 27.9 Å². The molecule has 0 spiro atoms. The Morgan fingerprint density at radius 3 is 2.00 bits per heavy atom. The molecule has 2 aromatic carbocycles. The number of carbonyl (C=O) groups is 1. The van der Waals surface area contributed by atoms with E-state index >= 15 is 0 Å². The molecule has 3 rings (SSSR count). The van der Waals surface area contributed by atoms with Crippen LogP contribution in [0.3, 0.4) is 0 Å². The minimum Gasteiger partial charge on any atom is -0.487 e. The van der Waals surface area contributed by atoms with Crippen LogP contribution < -0.4 is 14.8 Å². The van der Waals surface area contributed by atoms with Crippen LogP contribution in [0.15, 0.2) is 53.4 Å². The van der Waals surface area contributed by atoms with Crippen molar-refractivity contribution >= 4 is 21.6 Å². The van der Waals surface area contributed by atoms with E-state index in [1.165, 1.54) is 0 Å². The quantitative estimate of drug-likeness (QED) is 0.371. The molecule has 0 fully saturated rings. The van der Waals surface area contributed by atoms with Gasteiger partial charge in [-0.05, 0) is 37.1 Å². The number of hydrogen-bond donors (Lipinski definition) is 1. The molecule has 0 aliphatic carbocycles. The molecule has 1 aliphatic rings. The highest BCUT2D eigenvalue weighted by Crippen LogP contribution is 2.30. The Balaban J connectivity index is 1.33. The van der Waals surface area contributed by atoms with Gasteiger partial charge >= 0.3 is 6.09 Å². The van der Waals surface area contributed by atoms with E-state index in [1.807, 2.05) is 0 Å². The highest BCUT2D eigenvalue weighted by Gasteiger charge is 2.12. The van der Waals surface area contributed by atoms with E-state index in [2.05, 4.69) is 29.0 Å². The van der Waals surface area contributed by atoms with Crippen molar-refractivity contribution in [1.82, 2.24) is 0 Å². The van der Waals surface area contributed by atoms with E-state index in [0.717, 1.165) is 12.8 Å². The van der Waals surface area contributed by atoms with Crippen molar-refractivity contribution in [2.24, 2.45) is 0 Å². The predicted octanol–water partition coefficient (Wildman–Crippen LogP) is 4.10. The lowest BCUT2D eigenvalue weighted by Crippen LogP contribution is -2.14. The highest BCUT2D eigenvalue weighted by molar-refractivity contribution is 7.91. The summed E-state index contributed by atoms with van der Waals surface area (Å²) in [5.41, 5.74) is 0.483. The molecule has 10 nitrogen and oxygen atoms in total. The summed E-state index contributed by atoms with van der Waals surface area (Å²) in [4.78, 5) is 12.5. The summed E-state index contributed by atoms with van der Waals surface area (Å²) in [6, 6.07) is 13.3. The molecule has 1 aliphatic heterocycles. The number of nitrogens with one attached hydrogen (secondary N) is 1. The Hall–Kier alpha value is -3.74. The van der Waals surface area contributed by atoms with Gasteiger partial charge < -0.3 is 28.4 Å². The molecule has 226 valence electrons. The van der Waals surface area contributed by atoms with Crippen molar-refractivity contribution < 1.29 is 41.6 Å². The van der Waals surface area contributed by atoms with Crippen molar-refractivity contribution in [3.63, 3.8) is 0 Å². The Kier molecular flexibility index (Phi) is 15.1. The Morgan fingerprint density at radius 2 is 1.33 bits per heavy atom. The van der Waals surface area contributed by atoms with Crippen LogP contribution >= 0.6 is 0 Å². The van der Waals surface area contributed by atoms with Crippen LogP contribution in [0.2, 0.25) is 0 Å². The molecule has 1 heterocycles. The summed E-state index contributed by atoms with van der Waals surface area (Å²) in [7, 11) is -3.38. The van der Waals surface area contributed by atoms with Gasteiger partial charge in [0.05, 0.1) is 44.5 Å². The van der Waals surface area contributed by atoms with Gasteiger partial charge in [-0.2, -0.15) is 0 Å². The summed E-state index contributed by atoms with van der Waals surface area (Å²) in [5, 5.41) is 2.66. The number of carbonyl (C=O) groups excluding carboxylic acids is 1. The van der Waals surface area contributed by atoms with Crippen molar-refractivity contribution in [3.05, 3.63) is 48.5 Å². The Labute approximate surface area is 247 Å². The fourth-order valence-electron chi connectivity index (χ4n) is 3.55. The van der Waals surface area contributed by atoms with Gasteiger partial charge in [0.2, 0.25) is 0 Å². The lowest BCUT2D eigenvalue weighted by molar-refractivity contribution is 0.00708. The normalized spacial score (nSPS) is 14.5. The number of hydrogen-bond acceptors (Lipinski definition) is 9. The maximum atomic E-state index is 12.2. The first-order chi connectivity index (χ1) is 20.5. The van der Waals surface area contributed by atoms with Crippen LogP contribution in [0.5, 0.6) is 11.5 Å². The zero-order chi connectivity index (χ0) is 29.7. The van der Waals surface area contributed by atoms with Gasteiger partial charge in [0, 0.05) is 24.6 Å². The van der Waals surface area contributed by atoms with E-state index in [0.29, 0.717) is 82.9 Å². The minimum atomic E-state index is -3.38. The molecule has 0 radical (unpaired) electrons. The second-order valence-corrected chi connectivity index (χ2v) is 10.9. The minimum absolute atomic E-state index is 0.0470. The third-order valence-electron chi connectivity index (χ3n) is 5.65. The van der Waals surface area contributed by atoms with Gasteiger partial charge in [0.25, 0.3) is 0 Å². The first-order valence-corrected chi connectivity index (χ1v) is 15.5. The van der Waals surface area contributed by atoms with Crippen LogP contribution in [0, 0.1) is 23.7 Å². The van der Waals surface area contributed by atoms with E-state index < -0.39 is 15.9 Å². The topological polar surface area (TPSA) is 119 Å². The molecule has 0 saturated heterocycles. The highest BCUT2D eigenvalue weighted by atomic mass is 32.2. The van der Waals surface area contributed by atoms with Gasteiger partial charge in [-0.3, -0.25) is 5.32 Å². The molecule has 42 heavy (non-hydrogen) atoms. The van der Waals surface area contributed by atoms with Crippen molar-refractivity contribution in [1.29, 1.82) is 0 Å². The number of sulfone groups is 1. The summed E-state index contributed by atoms with van der Waals surface area (Å²) in [6.07, 6.45) is 2.18. The van der Waals surface area contributed by atoms with Crippen LogP contribution in [0.25, 0.3) is 0 Å². The van der Waals surface area contributed by atoms with Gasteiger partial charge in [-0.1, -0.05) is 36.0 Å². The molecule has 0 aromatic heterocycles. The van der Waals surface area contributed by atoms with Crippen LogP contribution in [0.1, 0.15) is 25.7 Å². The first-order valence-electron chi connectivity index (χ1n) is 13.8. The Bertz CT molecular complexity index is 1320. The second-order valence-electron chi connectivity index (χ2n) is 8.88. The largest absolute Gasteiger partial charge is 0.487 e. The van der Waals surface area contributed by atoms with Crippen molar-refractivity contribution in [2.45, 2.75) is 30.6 Å². The third-order valence-corrected chi connectivity index (χ3v) is 7.16. The molecule has 0 unspecified atom stereocenters. The number of rotatable bonds is 7. The fourth-order valence-corrected chi connectivity index (χ4v) is 4.58. The van der Waals surface area contributed by atoms with Gasteiger partial charge in [-0.15, -0.1) is 5.92 Å². The van der Waals surface area contributed by atoms with Gasteiger partial charge in [-0.25, -0.2) is 13.2 Å². The number of amides is 1. The average Bonchev–Trinajstić information content (AvgIpc) is 3.00. The lowest BCUT2D eigenvalue weighted by Gasteiger charge is -2.14. The van der Waals surface area contributed by atoms with Crippen molar-refractivity contribution in [3.8, 4) is 35.2 Å². The number of ether oxygens (including phenoxy) is 6. The van der Waals surface area contributed by atoms with Crippen LogP contribution in [0.4, 0.5) is 10.5 Å². The molecular weight excluding hydrogens is 562 g/mol. The maximum absolute atomic E-state index is 12.2. The van der Waals surface area contributed by atoms with Crippen LogP contribution in [-0.2, 0) is 28.8 Å². The fraction of sp³-hybridized carbons (Fsp3) is 0.452. The van der Waals surface area contributed by atoms with E-state index in [9.17, 15) is 13.2 Å². The van der Waals surface area contributed by atoms with Gasteiger partial charge in [0.1, 0.15) is 19.0 Å². The van der Waals surface area contributed by atoms with Crippen LogP contribution in [-0.4, -0.2) is 79.7 Å². The molecule has 1 N–H and O–H groups in total. The predicted molar refractivity (Wildman–Crippen MR) is 157 cm³/mol. The third kappa shape index (κ3) is 13.3. The molecule has 1 amide bonds. The summed E-state index contributed by atoms with van der Waals surface area (Å²) >= 11 is 0. The Morgan fingerprint density at radius 1 is 0.738 bits per heavy atom. The molecule has 0 atom stereocenters. The maximum Gasteiger partial charge on any atom is 0.412 e. The zero-order valence-corrected chi connectivity index (χ0v) is 24.4. The lowest BCUT2D eigenvalue weighted by atomic mass is 10.2. The summed E-state index contributed by atoms with van der Waals surface area (Å²) in [6.45, 7) is 3.30. The summed E-state index contributed by atoms with van der Waals surface area (Å²) in [5.74, 6) is 12.2. The zero-order valence-electron chi connectivity index (χ0n) is 23.6. The summed E-state index contributed by atoms with van der Waals surface area (Å²) < 4.78 is 57.4. The molecule has 2 aromatic rings. The molecular formula is C31H37NO9S. The number of benzene rings is 2. The molecule has 11 heteroatoms. The molecule has 0 saturated carbocycles. The smallest absolute Gasteiger partial charge is 0.412 e. The van der Waals surface area contributed by atoms with E-state index in [4.69, 9.17) is 28.4 Å². The number of anilines is 1. The number of unbranched alkanes of at least 4 members (excludes halogenated alkanes) is 3. The van der Waals surface area contributed by atoms with Crippen molar-refractivity contribution in [2.75, 3.05) is 70.5 Å². The van der Waals surface area contributed by atoms with E-state index in [1.54, 1.807) is 48.5 Å². The second kappa shape index (κ2) is 19.4. The standard InChI is InChI=1S/C31H37NO9S/c33-31(41-16-10-5-3-1-2-4-6-11-25-42(34,35)28-12-8-7-9-13-28)32-27-14-15-29-30(26-27)40-24-22-38-20-18-36-17-19-37-21-23-39-29/h7-9,12-15,26H,1-4,16-25H2,(H,32,33). The van der Waals surface area contributed by atoms with E-state index in [-0.39, 0.29) is 17.3 Å². The average molecular weight is 600 g/mol.